The van der Waals surface area contributed by atoms with Gasteiger partial charge in [0.15, 0.2) is 0 Å². The largest absolute Gasteiger partial charge is 0.0845 e. The van der Waals surface area contributed by atoms with Crippen molar-refractivity contribution in [1.29, 1.82) is 0 Å². The highest BCUT2D eigenvalue weighted by Crippen LogP contribution is 2.01. The van der Waals surface area contributed by atoms with Crippen molar-refractivity contribution in [3.05, 3.63) is 24.3 Å². The zero-order valence-corrected chi connectivity index (χ0v) is 9.81. The van der Waals surface area contributed by atoms with E-state index in [0.717, 1.165) is 25.7 Å². The van der Waals surface area contributed by atoms with Gasteiger partial charge in [-0.3, -0.25) is 0 Å². The minimum Gasteiger partial charge on any atom is -0.0845 e. The molecule has 0 fully saturated rings. The summed E-state index contributed by atoms with van der Waals surface area (Å²) < 4.78 is 15.4. The van der Waals surface area contributed by atoms with Crippen LogP contribution in [0.25, 0.3) is 0 Å². The van der Waals surface area contributed by atoms with Crippen molar-refractivity contribution in [3.63, 3.8) is 0 Å². The molecule has 0 nitrogen and oxygen atoms in total. The van der Waals surface area contributed by atoms with Gasteiger partial charge in [0, 0.05) is 0 Å². The third kappa shape index (κ3) is 11.5. The van der Waals surface area contributed by atoms with Gasteiger partial charge in [0.1, 0.15) is 0 Å². The summed E-state index contributed by atoms with van der Waals surface area (Å²) in [6.45, 7) is 4.34. The number of allylic oxidation sites excluding steroid dienone is 4. The maximum Gasteiger partial charge on any atom is 0.0576 e. The lowest BCUT2D eigenvalue weighted by Gasteiger charge is -1.91. The Kier molecular flexibility index (Phi) is 8.93. The predicted molar refractivity (Wildman–Crippen MR) is 66.6 cm³/mol. The smallest absolute Gasteiger partial charge is 0.0576 e. The SMILES string of the molecule is [2H]C(=CC=C([2H])CCCCC)CCCCC. The molecule has 0 heterocycles. The zero-order valence-electron chi connectivity index (χ0n) is 11.8. The Bertz CT molecular complexity index is 193. The second-order valence-electron chi connectivity index (χ2n) is 3.66. The second-order valence-corrected chi connectivity index (χ2v) is 3.66. The molecule has 0 bridgehead atoms. The summed E-state index contributed by atoms with van der Waals surface area (Å²) in [6, 6.07) is 1.32. The number of rotatable bonds is 9. The molecular weight excluding hydrogens is 168 g/mol. The molecule has 0 unspecified atom stereocenters. The van der Waals surface area contributed by atoms with E-state index in [1.54, 1.807) is 12.2 Å². The van der Waals surface area contributed by atoms with Crippen LogP contribution < -0.4 is 0 Å². The fourth-order valence-corrected chi connectivity index (χ4v) is 1.24. The Labute approximate surface area is 92.9 Å². The highest BCUT2D eigenvalue weighted by atomic mass is 13.9. The van der Waals surface area contributed by atoms with Crippen molar-refractivity contribution in [2.24, 2.45) is 0 Å². The molecule has 0 aliphatic carbocycles. The standard InChI is InChI=1S/C14H26/c1-3-5-7-9-11-13-14-12-10-8-6-4-2/h11-14H,3-10H2,1-2H3/i11D,12D. The first-order chi connectivity index (χ1) is 7.70. The van der Waals surface area contributed by atoms with Crippen LogP contribution in [0.2, 0.25) is 0 Å². The molecule has 0 radical (unpaired) electrons. The molecule has 82 valence electrons. The summed E-state index contributed by atoms with van der Waals surface area (Å²) in [5.74, 6) is 0. The van der Waals surface area contributed by atoms with Crippen LogP contribution in [0.1, 0.15) is 68.0 Å². The fourth-order valence-electron chi connectivity index (χ4n) is 1.24. The van der Waals surface area contributed by atoms with Crippen molar-refractivity contribution in [3.8, 4) is 0 Å². The average Bonchev–Trinajstić information content (AvgIpc) is 2.27. The van der Waals surface area contributed by atoms with Crippen molar-refractivity contribution in [2.75, 3.05) is 0 Å². The Morgan fingerprint density at radius 3 is 1.57 bits per heavy atom. The van der Waals surface area contributed by atoms with E-state index in [2.05, 4.69) is 13.8 Å². The van der Waals surface area contributed by atoms with Gasteiger partial charge in [0.05, 0.1) is 2.74 Å². The Hall–Kier alpha value is -0.520. The normalized spacial score (nSPS) is 15.3. The van der Waals surface area contributed by atoms with Gasteiger partial charge in [-0.2, -0.15) is 0 Å². The maximum atomic E-state index is 7.69. The average molecular weight is 196 g/mol. The van der Waals surface area contributed by atoms with Gasteiger partial charge in [-0.15, -0.1) is 0 Å². The molecule has 0 spiro atoms. The minimum atomic E-state index is 0.661. The number of hydrogen-bond acceptors (Lipinski definition) is 0. The van der Waals surface area contributed by atoms with E-state index in [4.69, 9.17) is 2.74 Å². The molecule has 0 amide bonds. The summed E-state index contributed by atoms with van der Waals surface area (Å²) in [5.41, 5.74) is 0. The molecule has 0 aromatic rings. The highest BCUT2D eigenvalue weighted by molar-refractivity contribution is 5.02. The summed E-state index contributed by atoms with van der Waals surface area (Å²) in [6.07, 6.45) is 12.3. The molecule has 0 N–H and O–H groups in total. The second kappa shape index (κ2) is 12.5. The third-order valence-electron chi connectivity index (χ3n) is 2.17. The lowest BCUT2D eigenvalue weighted by atomic mass is 10.2. The lowest BCUT2D eigenvalue weighted by Crippen LogP contribution is -1.71. The summed E-state index contributed by atoms with van der Waals surface area (Å²) >= 11 is 0. The van der Waals surface area contributed by atoms with E-state index in [0.29, 0.717) is 12.1 Å². The fraction of sp³-hybridized carbons (Fsp3) is 0.714. The van der Waals surface area contributed by atoms with Gasteiger partial charge in [0.2, 0.25) is 0 Å². The number of unbranched alkanes of at least 4 members (excludes halogenated alkanes) is 4. The van der Waals surface area contributed by atoms with Gasteiger partial charge >= 0.3 is 0 Å². The molecule has 0 aromatic heterocycles. The Morgan fingerprint density at radius 1 is 0.786 bits per heavy atom. The topological polar surface area (TPSA) is 0 Å². The van der Waals surface area contributed by atoms with E-state index in [1.807, 2.05) is 0 Å². The van der Waals surface area contributed by atoms with E-state index < -0.39 is 0 Å². The first kappa shape index (κ1) is 10.0. The molecule has 0 atom stereocenters. The molecule has 0 aliphatic heterocycles. The van der Waals surface area contributed by atoms with Crippen LogP contribution in [0.15, 0.2) is 24.3 Å². The van der Waals surface area contributed by atoms with E-state index >= 15 is 0 Å². The molecule has 0 saturated heterocycles. The van der Waals surface area contributed by atoms with Crippen LogP contribution in [0.4, 0.5) is 0 Å². The summed E-state index contributed by atoms with van der Waals surface area (Å²) in [7, 11) is 0. The third-order valence-corrected chi connectivity index (χ3v) is 2.17. The number of hydrogen-bond donors (Lipinski definition) is 0. The van der Waals surface area contributed by atoms with Crippen LogP contribution >= 0.6 is 0 Å². The van der Waals surface area contributed by atoms with Crippen LogP contribution in [0.3, 0.4) is 0 Å². The quantitative estimate of drug-likeness (QED) is 0.348. The van der Waals surface area contributed by atoms with Crippen molar-refractivity contribution < 1.29 is 2.74 Å². The molecule has 0 heteroatoms. The van der Waals surface area contributed by atoms with E-state index in [1.165, 1.54) is 25.7 Å². The van der Waals surface area contributed by atoms with Gasteiger partial charge in [0.25, 0.3) is 0 Å². The van der Waals surface area contributed by atoms with Crippen molar-refractivity contribution >= 4 is 0 Å². The van der Waals surface area contributed by atoms with Crippen LogP contribution in [-0.4, -0.2) is 0 Å². The first-order valence-electron chi connectivity index (χ1n) is 7.03. The molecule has 14 heavy (non-hydrogen) atoms. The molecule has 0 aliphatic rings. The van der Waals surface area contributed by atoms with Crippen LogP contribution in [0.5, 0.6) is 0 Å². The Balaban J connectivity index is 3.77. The molecule has 0 saturated carbocycles. The van der Waals surface area contributed by atoms with Crippen molar-refractivity contribution in [2.45, 2.75) is 65.2 Å². The first-order valence-corrected chi connectivity index (χ1v) is 6.03. The van der Waals surface area contributed by atoms with Gasteiger partial charge in [-0.05, 0) is 25.7 Å². The van der Waals surface area contributed by atoms with Crippen LogP contribution in [-0.2, 0) is 0 Å². The van der Waals surface area contributed by atoms with Gasteiger partial charge in [-0.1, -0.05) is 63.8 Å². The van der Waals surface area contributed by atoms with Gasteiger partial charge in [-0.25, -0.2) is 0 Å². The zero-order chi connectivity index (χ0) is 12.2. The summed E-state index contributed by atoms with van der Waals surface area (Å²) in [5, 5.41) is 0. The highest BCUT2D eigenvalue weighted by Gasteiger charge is 1.81. The molecular formula is C14H26. The molecule has 0 rings (SSSR count). The lowest BCUT2D eigenvalue weighted by molar-refractivity contribution is 0.727. The van der Waals surface area contributed by atoms with Crippen molar-refractivity contribution in [1.82, 2.24) is 0 Å². The van der Waals surface area contributed by atoms with E-state index in [9.17, 15) is 0 Å². The molecule has 0 aromatic carbocycles. The van der Waals surface area contributed by atoms with Gasteiger partial charge < -0.3 is 0 Å². The Morgan fingerprint density at radius 2 is 1.21 bits per heavy atom. The summed E-state index contributed by atoms with van der Waals surface area (Å²) in [4.78, 5) is 0. The monoisotopic (exact) mass is 196 g/mol. The van der Waals surface area contributed by atoms with E-state index in [-0.39, 0.29) is 0 Å². The minimum absolute atomic E-state index is 0.661. The predicted octanol–water partition coefficient (Wildman–Crippen LogP) is 5.26. The van der Waals surface area contributed by atoms with Crippen LogP contribution in [0, 0.1) is 0 Å². The maximum absolute atomic E-state index is 7.69.